The van der Waals surface area contributed by atoms with Gasteiger partial charge in [0.05, 0.1) is 20.3 Å². The molecule has 4 rings (SSSR count). The Morgan fingerprint density at radius 1 is 1.11 bits per heavy atom. The van der Waals surface area contributed by atoms with Gasteiger partial charge in [0, 0.05) is 22.0 Å². The molecule has 144 valence electrons. The molecule has 0 aliphatic carbocycles. The van der Waals surface area contributed by atoms with Crippen LogP contribution in [0, 0.1) is 0 Å². The molecule has 28 heavy (non-hydrogen) atoms. The van der Waals surface area contributed by atoms with Crippen LogP contribution in [0.3, 0.4) is 0 Å². The molecule has 0 radical (unpaired) electrons. The highest BCUT2D eigenvalue weighted by molar-refractivity contribution is 7.10. The van der Waals surface area contributed by atoms with Crippen molar-refractivity contribution >= 4 is 28.8 Å². The second-order valence-corrected chi connectivity index (χ2v) is 8.00. The lowest BCUT2D eigenvalue weighted by Crippen LogP contribution is -2.40. The summed E-state index contributed by atoms with van der Waals surface area (Å²) >= 11 is 7.64. The third-order valence-corrected chi connectivity index (χ3v) is 6.22. The molecule has 0 fully saturated rings. The predicted octanol–water partition coefficient (Wildman–Crippen LogP) is 5.21. The highest BCUT2D eigenvalue weighted by atomic mass is 35.5. The second kappa shape index (κ2) is 7.86. The first-order valence-corrected chi connectivity index (χ1v) is 10.2. The molecule has 0 saturated carbocycles. The average Bonchev–Trinajstić information content (AvgIpc) is 3.26. The number of carbonyl (C=O) groups excluding carboxylic acids is 1. The fourth-order valence-corrected chi connectivity index (χ4v) is 4.66. The SMILES string of the molecule is COc1cc2c(cc1OC)[C@@H](c1cccs1)N(C(=O)c1ccc(Cl)cc1)CC2. The molecule has 0 spiro atoms. The average molecular weight is 414 g/mol. The van der Waals surface area contributed by atoms with Crippen LogP contribution in [0.1, 0.15) is 32.4 Å². The monoisotopic (exact) mass is 413 g/mol. The largest absolute Gasteiger partial charge is 0.493 e. The molecule has 1 aliphatic rings. The number of hydrogen-bond donors (Lipinski definition) is 0. The number of methoxy groups -OCH3 is 2. The molecule has 2 heterocycles. The van der Waals surface area contributed by atoms with Crippen LogP contribution < -0.4 is 9.47 Å². The van der Waals surface area contributed by atoms with Gasteiger partial charge in [-0.2, -0.15) is 0 Å². The van der Waals surface area contributed by atoms with E-state index in [-0.39, 0.29) is 11.9 Å². The molecule has 0 bridgehead atoms. The van der Waals surface area contributed by atoms with Gasteiger partial charge in [-0.1, -0.05) is 17.7 Å². The summed E-state index contributed by atoms with van der Waals surface area (Å²) in [6.07, 6.45) is 0.761. The quantitative estimate of drug-likeness (QED) is 0.589. The van der Waals surface area contributed by atoms with Gasteiger partial charge in [-0.15, -0.1) is 11.3 Å². The van der Waals surface area contributed by atoms with Crippen LogP contribution in [0.15, 0.2) is 53.9 Å². The molecule has 4 nitrogen and oxygen atoms in total. The van der Waals surface area contributed by atoms with Crippen molar-refractivity contribution in [3.63, 3.8) is 0 Å². The lowest BCUT2D eigenvalue weighted by atomic mass is 9.90. The number of hydrogen-bond acceptors (Lipinski definition) is 4. The van der Waals surface area contributed by atoms with E-state index in [9.17, 15) is 4.79 Å². The lowest BCUT2D eigenvalue weighted by Gasteiger charge is -2.37. The maximum atomic E-state index is 13.3. The van der Waals surface area contributed by atoms with Gasteiger partial charge in [0.1, 0.15) is 0 Å². The van der Waals surface area contributed by atoms with Crippen molar-refractivity contribution in [3.05, 3.63) is 80.5 Å². The smallest absolute Gasteiger partial charge is 0.254 e. The fraction of sp³-hybridized carbons (Fsp3) is 0.227. The van der Waals surface area contributed by atoms with Crippen molar-refractivity contribution in [1.82, 2.24) is 4.90 Å². The second-order valence-electron chi connectivity index (χ2n) is 6.58. The molecule has 0 N–H and O–H groups in total. The van der Waals surface area contributed by atoms with Crippen molar-refractivity contribution in [3.8, 4) is 11.5 Å². The van der Waals surface area contributed by atoms with Gasteiger partial charge in [-0.05, 0) is 65.4 Å². The normalized spacial score (nSPS) is 15.8. The summed E-state index contributed by atoms with van der Waals surface area (Å²) in [6, 6.07) is 15.0. The molecule has 3 aromatic rings. The summed E-state index contributed by atoms with van der Waals surface area (Å²) in [5.41, 5.74) is 2.89. The Labute approximate surface area is 173 Å². The Bertz CT molecular complexity index is 986. The van der Waals surface area contributed by atoms with Crippen LogP contribution in [0.5, 0.6) is 11.5 Å². The molecule has 0 saturated heterocycles. The first-order chi connectivity index (χ1) is 13.6. The Morgan fingerprint density at radius 2 is 1.82 bits per heavy atom. The van der Waals surface area contributed by atoms with E-state index < -0.39 is 0 Å². The Balaban J connectivity index is 1.81. The molecule has 1 amide bonds. The van der Waals surface area contributed by atoms with E-state index in [4.69, 9.17) is 21.1 Å². The van der Waals surface area contributed by atoms with E-state index in [0.29, 0.717) is 28.6 Å². The summed E-state index contributed by atoms with van der Waals surface area (Å²) in [7, 11) is 3.27. The van der Waals surface area contributed by atoms with Crippen molar-refractivity contribution in [2.45, 2.75) is 12.5 Å². The predicted molar refractivity (Wildman–Crippen MR) is 112 cm³/mol. The van der Waals surface area contributed by atoms with Gasteiger partial charge in [-0.25, -0.2) is 0 Å². The number of nitrogens with zero attached hydrogens (tertiary/aromatic N) is 1. The van der Waals surface area contributed by atoms with Crippen LogP contribution in [0.25, 0.3) is 0 Å². The van der Waals surface area contributed by atoms with E-state index in [1.807, 2.05) is 28.5 Å². The first kappa shape index (κ1) is 18.8. The summed E-state index contributed by atoms with van der Waals surface area (Å²) in [4.78, 5) is 16.4. The highest BCUT2D eigenvalue weighted by Gasteiger charge is 2.34. The number of ether oxygens (including phenoxy) is 2. The zero-order valence-electron chi connectivity index (χ0n) is 15.6. The molecule has 1 atom stereocenters. The number of amides is 1. The molecule has 1 aromatic heterocycles. The van der Waals surface area contributed by atoms with Gasteiger partial charge < -0.3 is 14.4 Å². The third kappa shape index (κ3) is 3.36. The molecular weight excluding hydrogens is 394 g/mol. The van der Waals surface area contributed by atoms with Crippen molar-refractivity contribution in [2.75, 3.05) is 20.8 Å². The topological polar surface area (TPSA) is 38.8 Å². The highest BCUT2D eigenvalue weighted by Crippen LogP contribution is 2.42. The summed E-state index contributed by atoms with van der Waals surface area (Å²) in [6.45, 7) is 0.631. The van der Waals surface area contributed by atoms with Crippen LogP contribution in [-0.4, -0.2) is 31.6 Å². The van der Waals surface area contributed by atoms with Crippen LogP contribution in [0.2, 0.25) is 5.02 Å². The van der Waals surface area contributed by atoms with E-state index in [0.717, 1.165) is 16.9 Å². The van der Waals surface area contributed by atoms with Crippen molar-refractivity contribution in [1.29, 1.82) is 0 Å². The zero-order valence-corrected chi connectivity index (χ0v) is 17.2. The van der Waals surface area contributed by atoms with Gasteiger partial charge in [0.15, 0.2) is 11.5 Å². The van der Waals surface area contributed by atoms with E-state index in [1.165, 1.54) is 5.56 Å². The molecule has 2 aromatic carbocycles. The van der Waals surface area contributed by atoms with E-state index in [2.05, 4.69) is 6.07 Å². The standard InChI is InChI=1S/C22H20ClNO3S/c1-26-18-12-15-9-10-24(22(25)14-5-7-16(23)8-6-14)21(20-4-3-11-28-20)17(15)13-19(18)27-2/h3-8,11-13,21H,9-10H2,1-2H3/t21-/m0/s1. The zero-order chi connectivity index (χ0) is 19.7. The fourth-order valence-electron chi connectivity index (χ4n) is 3.68. The number of carbonyl (C=O) groups is 1. The molecular formula is C22H20ClNO3S. The maximum absolute atomic E-state index is 13.3. The number of thiophene rings is 1. The first-order valence-electron chi connectivity index (χ1n) is 8.97. The Morgan fingerprint density at radius 3 is 2.46 bits per heavy atom. The van der Waals surface area contributed by atoms with Crippen molar-refractivity contribution in [2.24, 2.45) is 0 Å². The molecule has 6 heteroatoms. The van der Waals surface area contributed by atoms with Gasteiger partial charge >= 0.3 is 0 Å². The van der Waals surface area contributed by atoms with Crippen LogP contribution in [0.4, 0.5) is 0 Å². The summed E-state index contributed by atoms with van der Waals surface area (Å²) < 4.78 is 11.0. The Hall–Kier alpha value is -2.50. The third-order valence-electron chi connectivity index (χ3n) is 5.04. The number of fused-ring (bicyclic) bond motifs is 1. The van der Waals surface area contributed by atoms with E-state index in [1.54, 1.807) is 49.8 Å². The van der Waals surface area contributed by atoms with Crippen LogP contribution >= 0.6 is 22.9 Å². The molecule has 0 unspecified atom stereocenters. The maximum Gasteiger partial charge on any atom is 0.254 e. The summed E-state index contributed by atoms with van der Waals surface area (Å²) in [5, 5.41) is 2.65. The van der Waals surface area contributed by atoms with Gasteiger partial charge in [-0.3, -0.25) is 4.79 Å². The van der Waals surface area contributed by atoms with Gasteiger partial charge in [0.2, 0.25) is 0 Å². The minimum absolute atomic E-state index is 0.00417. The van der Waals surface area contributed by atoms with E-state index >= 15 is 0 Å². The summed E-state index contributed by atoms with van der Waals surface area (Å²) in [5.74, 6) is 1.38. The number of halogens is 1. The number of benzene rings is 2. The Kier molecular flexibility index (Phi) is 5.29. The lowest BCUT2D eigenvalue weighted by molar-refractivity contribution is 0.0697. The van der Waals surface area contributed by atoms with Crippen LogP contribution in [-0.2, 0) is 6.42 Å². The minimum atomic E-state index is -0.160. The molecule has 1 aliphatic heterocycles. The van der Waals surface area contributed by atoms with Crippen molar-refractivity contribution < 1.29 is 14.3 Å². The minimum Gasteiger partial charge on any atom is -0.493 e. The number of rotatable bonds is 4. The van der Waals surface area contributed by atoms with Gasteiger partial charge in [0.25, 0.3) is 5.91 Å².